The molecular weight excluding hydrogens is 134 g/mol. The number of alkyl carbamates (subject to hydrolysis) is 1. The number of hydrogen-bond acceptors (Lipinski definition) is 2. The summed E-state index contributed by atoms with van der Waals surface area (Å²) in [4.78, 5) is 10.4. The average molecular weight is 144 g/mol. The Bertz CT molecular complexity index is 114. The van der Waals surface area contributed by atoms with E-state index in [1.54, 1.807) is 0 Å². The van der Waals surface area contributed by atoms with Crippen LogP contribution in [0, 0.1) is 0 Å². The topological polar surface area (TPSA) is 58.2 Å². The summed E-state index contributed by atoms with van der Waals surface area (Å²) in [5.41, 5.74) is 0. The minimum atomic E-state index is -0.573. The number of carbonyl (C=O) groups excluding carboxylic acids is 1. The van der Waals surface area contributed by atoms with E-state index in [2.05, 4.69) is 16.6 Å². The molecule has 0 saturated heterocycles. The normalized spacial score (nSPS) is 8.50. The molecule has 0 aromatic rings. The van der Waals surface area contributed by atoms with E-state index in [1.165, 1.54) is 6.08 Å². The van der Waals surface area contributed by atoms with Gasteiger partial charge in [0.05, 0.1) is 6.61 Å². The molecule has 0 aromatic carbocycles. The monoisotopic (exact) mass is 144 g/mol. The van der Waals surface area contributed by atoms with E-state index in [9.17, 15) is 9.90 Å². The van der Waals surface area contributed by atoms with Crippen LogP contribution in [0.15, 0.2) is 12.7 Å². The molecule has 1 N–H and O–H groups in total. The lowest BCUT2D eigenvalue weighted by molar-refractivity contribution is 0.147. The van der Waals surface area contributed by atoms with Gasteiger partial charge in [0, 0.05) is 6.54 Å². The highest BCUT2D eigenvalue weighted by Crippen LogP contribution is 1.76. The summed E-state index contributed by atoms with van der Waals surface area (Å²) in [6.07, 6.45) is 0.882. The largest absolute Gasteiger partial charge is 0.445 e. The SMILES string of the molecule is C=CCOC(=O)NCC[O]. The molecule has 0 aromatic heterocycles. The minimum Gasteiger partial charge on any atom is -0.445 e. The highest BCUT2D eigenvalue weighted by molar-refractivity contribution is 5.67. The molecule has 0 fully saturated rings. The van der Waals surface area contributed by atoms with Gasteiger partial charge in [0.1, 0.15) is 6.61 Å². The average Bonchev–Trinajstić information content (AvgIpc) is 1.97. The number of carbonyl (C=O) groups is 1. The van der Waals surface area contributed by atoms with Crippen LogP contribution >= 0.6 is 0 Å². The van der Waals surface area contributed by atoms with Gasteiger partial charge in [0.25, 0.3) is 0 Å². The number of hydrogen-bond donors (Lipinski definition) is 1. The molecule has 1 amide bonds. The molecule has 57 valence electrons. The fourth-order valence-corrected chi connectivity index (χ4v) is 0.339. The molecule has 0 saturated carbocycles. The Morgan fingerprint density at radius 3 is 2.90 bits per heavy atom. The Morgan fingerprint density at radius 2 is 2.40 bits per heavy atom. The van der Waals surface area contributed by atoms with Crippen molar-refractivity contribution in [2.45, 2.75) is 0 Å². The Hall–Kier alpha value is -1.03. The molecule has 10 heavy (non-hydrogen) atoms. The first-order chi connectivity index (χ1) is 4.81. The van der Waals surface area contributed by atoms with Gasteiger partial charge in [-0.1, -0.05) is 12.7 Å². The second-order valence-electron chi connectivity index (χ2n) is 1.52. The van der Waals surface area contributed by atoms with Crippen molar-refractivity contribution in [2.24, 2.45) is 0 Å². The first kappa shape index (κ1) is 8.97. The van der Waals surface area contributed by atoms with Crippen LogP contribution in [-0.4, -0.2) is 25.9 Å². The second-order valence-corrected chi connectivity index (χ2v) is 1.52. The zero-order valence-electron chi connectivity index (χ0n) is 5.63. The number of rotatable bonds is 4. The maximum atomic E-state index is 10.4. The molecular formula is C6H10NO3. The van der Waals surface area contributed by atoms with Crippen molar-refractivity contribution in [3.8, 4) is 0 Å². The van der Waals surface area contributed by atoms with Crippen molar-refractivity contribution in [2.75, 3.05) is 19.8 Å². The lowest BCUT2D eigenvalue weighted by Gasteiger charge is -2.00. The third kappa shape index (κ3) is 5.11. The van der Waals surface area contributed by atoms with Crippen molar-refractivity contribution in [1.29, 1.82) is 0 Å². The lowest BCUT2D eigenvalue weighted by atomic mass is 10.7. The Labute approximate surface area is 59.5 Å². The third-order valence-corrected chi connectivity index (χ3v) is 0.704. The molecule has 0 bridgehead atoms. The number of nitrogens with one attached hydrogen (secondary N) is 1. The zero-order chi connectivity index (χ0) is 7.82. The van der Waals surface area contributed by atoms with Gasteiger partial charge in [-0.25, -0.2) is 9.90 Å². The molecule has 0 atom stereocenters. The van der Waals surface area contributed by atoms with Crippen LogP contribution in [0.1, 0.15) is 0 Å². The van der Waals surface area contributed by atoms with E-state index in [1.807, 2.05) is 0 Å². The second kappa shape index (κ2) is 6.10. The van der Waals surface area contributed by atoms with E-state index >= 15 is 0 Å². The molecule has 1 radical (unpaired) electrons. The Balaban J connectivity index is 3.16. The van der Waals surface area contributed by atoms with Crippen molar-refractivity contribution >= 4 is 6.09 Å². The molecule has 0 heterocycles. The fraction of sp³-hybridized carbons (Fsp3) is 0.500. The highest BCUT2D eigenvalue weighted by Gasteiger charge is 1.96. The van der Waals surface area contributed by atoms with E-state index in [4.69, 9.17) is 0 Å². The smallest absolute Gasteiger partial charge is 0.407 e. The molecule has 0 aliphatic carbocycles. The van der Waals surface area contributed by atoms with Crippen LogP contribution in [0.2, 0.25) is 0 Å². The van der Waals surface area contributed by atoms with Crippen molar-refractivity contribution < 1.29 is 14.6 Å². The van der Waals surface area contributed by atoms with Crippen molar-refractivity contribution in [3.63, 3.8) is 0 Å². The number of amides is 1. The van der Waals surface area contributed by atoms with Crippen LogP contribution < -0.4 is 5.32 Å². The molecule has 0 rings (SSSR count). The van der Waals surface area contributed by atoms with Gasteiger partial charge < -0.3 is 10.1 Å². The minimum absolute atomic E-state index is 0.107. The van der Waals surface area contributed by atoms with Gasteiger partial charge >= 0.3 is 6.09 Å². The fourth-order valence-electron chi connectivity index (χ4n) is 0.339. The van der Waals surface area contributed by atoms with Crippen LogP contribution in [0.5, 0.6) is 0 Å². The summed E-state index contributed by atoms with van der Waals surface area (Å²) in [6, 6.07) is 0. The standard InChI is InChI=1S/C6H10NO3/c1-2-5-10-6(9)7-3-4-8/h2H,1,3-5H2,(H,7,9). The van der Waals surface area contributed by atoms with Crippen LogP contribution in [-0.2, 0) is 9.84 Å². The van der Waals surface area contributed by atoms with E-state index < -0.39 is 6.09 Å². The van der Waals surface area contributed by atoms with Crippen molar-refractivity contribution in [1.82, 2.24) is 5.32 Å². The van der Waals surface area contributed by atoms with E-state index in [0.29, 0.717) is 0 Å². The maximum absolute atomic E-state index is 10.4. The zero-order valence-corrected chi connectivity index (χ0v) is 5.63. The van der Waals surface area contributed by atoms with Crippen LogP contribution in [0.3, 0.4) is 0 Å². The van der Waals surface area contributed by atoms with Crippen LogP contribution in [0.25, 0.3) is 0 Å². The van der Waals surface area contributed by atoms with E-state index in [0.717, 1.165) is 0 Å². The van der Waals surface area contributed by atoms with E-state index in [-0.39, 0.29) is 19.8 Å². The summed E-state index contributed by atoms with van der Waals surface area (Å²) in [5, 5.41) is 12.1. The van der Waals surface area contributed by atoms with Gasteiger partial charge in [-0.15, -0.1) is 0 Å². The summed E-state index contributed by atoms with van der Waals surface area (Å²) in [7, 11) is 0. The first-order valence-corrected chi connectivity index (χ1v) is 2.91. The Morgan fingerprint density at radius 1 is 1.70 bits per heavy atom. The molecule has 4 heteroatoms. The van der Waals surface area contributed by atoms with Gasteiger partial charge in [0.2, 0.25) is 0 Å². The van der Waals surface area contributed by atoms with Gasteiger partial charge in [-0.2, -0.15) is 0 Å². The molecule has 4 nitrogen and oxygen atoms in total. The number of ether oxygens (including phenoxy) is 1. The lowest BCUT2D eigenvalue weighted by Crippen LogP contribution is -2.26. The molecule has 0 unspecified atom stereocenters. The summed E-state index contributed by atoms with van der Waals surface area (Å²) < 4.78 is 4.49. The molecule has 0 aliphatic rings. The summed E-state index contributed by atoms with van der Waals surface area (Å²) >= 11 is 0. The predicted molar refractivity (Wildman–Crippen MR) is 35.1 cm³/mol. The Kier molecular flexibility index (Phi) is 5.47. The van der Waals surface area contributed by atoms with Gasteiger partial charge in [-0.05, 0) is 0 Å². The van der Waals surface area contributed by atoms with Crippen LogP contribution in [0.4, 0.5) is 4.79 Å². The molecule has 0 spiro atoms. The maximum Gasteiger partial charge on any atom is 0.407 e. The molecule has 0 aliphatic heterocycles. The first-order valence-electron chi connectivity index (χ1n) is 2.91. The van der Waals surface area contributed by atoms with Gasteiger partial charge in [-0.3, -0.25) is 0 Å². The van der Waals surface area contributed by atoms with Crippen molar-refractivity contribution in [3.05, 3.63) is 12.7 Å². The van der Waals surface area contributed by atoms with Gasteiger partial charge in [0.15, 0.2) is 0 Å². The third-order valence-electron chi connectivity index (χ3n) is 0.704. The predicted octanol–water partition coefficient (Wildman–Crippen LogP) is 0.329. The highest BCUT2D eigenvalue weighted by atomic mass is 16.5. The summed E-state index contributed by atoms with van der Waals surface area (Å²) in [5.74, 6) is 0. The quantitative estimate of drug-likeness (QED) is 0.578. The summed E-state index contributed by atoms with van der Waals surface area (Å²) in [6.45, 7) is 3.29.